The van der Waals surface area contributed by atoms with E-state index in [1.54, 1.807) is 41.1 Å². The largest absolute Gasteiger partial charge is 0.392 e. The molecule has 2 amide bonds. The molecule has 7 heteroatoms. The van der Waals surface area contributed by atoms with Crippen molar-refractivity contribution < 1.29 is 23.8 Å². The molecule has 152 valence electrons. The van der Waals surface area contributed by atoms with Crippen molar-refractivity contribution in [3.05, 3.63) is 59.4 Å². The van der Waals surface area contributed by atoms with Crippen LogP contribution in [0, 0.1) is 5.82 Å². The van der Waals surface area contributed by atoms with Crippen LogP contribution in [-0.4, -0.2) is 65.6 Å². The normalized spacial score (nSPS) is 21.8. The van der Waals surface area contributed by atoms with Gasteiger partial charge >= 0.3 is 0 Å². The van der Waals surface area contributed by atoms with Gasteiger partial charge in [-0.05, 0) is 41.0 Å². The SMILES string of the molecule is CN1C(=O)CCO[C@H]2CN(C(=O)c3cc(F)cc(-c4cccc(CO)c4)c3)C[C@@H]21. The third-order valence-electron chi connectivity index (χ3n) is 5.65. The molecule has 2 aromatic rings. The molecule has 1 N–H and O–H groups in total. The van der Waals surface area contributed by atoms with Crippen molar-refractivity contribution in [2.45, 2.75) is 25.2 Å². The summed E-state index contributed by atoms with van der Waals surface area (Å²) in [6, 6.07) is 11.2. The molecule has 2 aliphatic rings. The number of benzene rings is 2. The average molecular weight is 398 g/mol. The molecule has 0 saturated carbocycles. The van der Waals surface area contributed by atoms with E-state index in [0.717, 1.165) is 5.56 Å². The second-order valence-electron chi connectivity index (χ2n) is 7.53. The first-order valence-electron chi connectivity index (χ1n) is 9.63. The van der Waals surface area contributed by atoms with Crippen LogP contribution in [0.4, 0.5) is 4.39 Å². The van der Waals surface area contributed by atoms with Crippen LogP contribution in [0.1, 0.15) is 22.3 Å². The third-order valence-corrected chi connectivity index (χ3v) is 5.65. The number of likely N-dealkylation sites (N-methyl/N-ethyl adjacent to an activating group) is 1. The van der Waals surface area contributed by atoms with Crippen LogP contribution >= 0.6 is 0 Å². The van der Waals surface area contributed by atoms with Crippen molar-refractivity contribution in [1.82, 2.24) is 9.80 Å². The van der Waals surface area contributed by atoms with Gasteiger partial charge in [-0.25, -0.2) is 4.39 Å². The van der Waals surface area contributed by atoms with Gasteiger partial charge in [0.05, 0.1) is 31.8 Å². The van der Waals surface area contributed by atoms with E-state index in [4.69, 9.17) is 4.74 Å². The van der Waals surface area contributed by atoms with Crippen LogP contribution in [0.3, 0.4) is 0 Å². The third kappa shape index (κ3) is 3.88. The van der Waals surface area contributed by atoms with Crippen molar-refractivity contribution >= 4 is 11.8 Å². The molecule has 0 bridgehead atoms. The summed E-state index contributed by atoms with van der Waals surface area (Å²) in [6.45, 7) is 0.958. The number of carbonyl (C=O) groups excluding carboxylic acids is 2. The predicted molar refractivity (Wildman–Crippen MR) is 105 cm³/mol. The van der Waals surface area contributed by atoms with E-state index < -0.39 is 5.82 Å². The van der Waals surface area contributed by atoms with Gasteiger partial charge in [-0.1, -0.05) is 18.2 Å². The van der Waals surface area contributed by atoms with E-state index in [-0.39, 0.29) is 36.1 Å². The highest BCUT2D eigenvalue weighted by molar-refractivity contribution is 5.96. The number of likely N-dealkylation sites (tertiary alicyclic amines) is 1. The molecule has 2 fully saturated rings. The molecular formula is C22H23FN2O4. The number of amides is 2. The predicted octanol–water partition coefficient (Wildman–Crippen LogP) is 2.06. The molecule has 0 radical (unpaired) electrons. The smallest absolute Gasteiger partial charge is 0.254 e. The van der Waals surface area contributed by atoms with Gasteiger partial charge in [0.2, 0.25) is 5.91 Å². The molecule has 0 unspecified atom stereocenters. The molecule has 6 nitrogen and oxygen atoms in total. The standard InChI is InChI=1S/C22H23FN2O4/c1-24-19-11-25(12-20(19)29-6-5-21(24)27)22(28)17-8-16(9-18(23)10-17)15-4-2-3-14(7-15)13-26/h2-4,7-10,19-20,26H,5-6,11-13H2,1H3/t19-,20-/m0/s1. The lowest BCUT2D eigenvalue weighted by atomic mass is 10.0. The van der Waals surface area contributed by atoms with Gasteiger partial charge in [-0.2, -0.15) is 0 Å². The molecule has 0 aliphatic carbocycles. The Bertz CT molecular complexity index is 948. The van der Waals surface area contributed by atoms with Gasteiger partial charge < -0.3 is 19.6 Å². The van der Waals surface area contributed by atoms with Gasteiger partial charge in [-0.15, -0.1) is 0 Å². The molecule has 29 heavy (non-hydrogen) atoms. The first-order chi connectivity index (χ1) is 14.0. The minimum Gasteiger partial charge on any atom is -0.392 e. The Hall–Kier alpha value is -2.77. The lowest BCUT2D eigenvalue weighted by Crippen LogP contribution is -2.43. The summed E-state index contributed by atoms with van der Waals surface area (Å²) in [6.07, 6.45) is 0.113. The Balaban J connectivity index is 1.59. The van der Waals surface area contributed by atoms with Crippen molar-refractivity contribution in [2.75, 3.05) is 26.7 Å². The summed E-state index contributed by atoms with van der Waals surface area (Å²) < 4.78 is 20.1. The molecule has 2 aliphatic heterocycles. The number of aliphatic hydroxyl groups excluding tert-OH is 1. The van der Waals surface area contributed by atoms with Gasteiger partial charge in [0.1, 0.15) is 5.82 Å². The number of ether oxygens (including phenoxy) is 1. The zero-order valence-electron chi connectivity index (χ0n) is 16.2. The number of hydrogen-bond donors (Lipinski definition) is 1. The molecule has 0 aromatic heterocycles. The molecule has 2 atom stereocenters. The van der Waals surface area contributed by atoms with Crippen LogP contribution < -0.4 is 0 Å². The number of nitrogens with zero attached hydrogens (tertiary/aromatic N) is 2. The Morgan fingerprint density at radius 2 is 2.03 bits per heavy atom. The summed E-state index contributed by atoms with van der Waals surface area (Å²) >= 11 is 0. The number of carbonyl (C=O) groups is 2. The second-order valence-corrected chi connectivity index (χ2v) is 7.53. The Kier molecular flexibility index (Phi) is 5.34. The van der Waals surface area contributed by atoms with Gasteiger partial charge in [0.25, 0.3) is 5.91 Å². The Labute approximate surface area is 168 Å². The molecule has 2 aromatic carbocycles. The maximum Gasteiger partial charge on any atom is 0.254 e. The number of aliphatic hydroxyl groups is 1. The first kappa shape index (κ1) is 19.5. The van der Waals surface area contributed by atoms with Crippen LogP contribution in [0.25, 0.3) is 11.1 Å². The second kappa shape index (κ2) is 7.93. The van der Waals surface area contributed by atoms with Gasteiger partial charge in [-0.3, -0.25) is 9.59 Å². The molecule has 2 heterocycles. The monoisotopic (exact) mass is 398 g/mol. The Morgan fingerprint density at radius 3 is 2.83 bits per heavy atom. The lowest BCUT2D eigenvalue weighted by Gasteiger charge is -2.25. The number of fused-ring (bicyclic) bond motifs is 1. The highest BCUT2D eigenvalue weighted by atomic mass is 19.1. The van der Waals surface area contributed by atoms with Crippen molar-refractivity contribution in [3.63, 3.8) is 0 Å². The fourth-order valence-corrected chi connectivity index (χ4v) is 4.03. The molecule has 0 spiro atoms. The van der Waals surface area contributed by atoms with Crippen LogP contribution in [0.2, 0.25) is 0 Å². The van der Waals surface area contributed by atoms with Crippen molar-refractivity contribution in [3.8, 4) is 11.1 Å². The minimum absolute atomic E-state index is 0.00334. The topological polar surface area (TPSA) is 70.1 Å². The number of rotatable bonds is 3. The van der Waals surface area contributed by atoms with Crippen molar-refractivity contribution in [1.29, 1.82) is 0 Å². The fraction of sp³-hybridized carbons (Fsp3) is 0.364. The van der Waals surface area contributed by atoms with Gasteiger partial charge in [0, 0.05) is 25.7 Å². The quantitative estimate of drug-likeness (QED) is 0.859. The van der Waals surface area contributed by atoms with E-state index in [2.05, 4.69) is 0 Å². The zero-order chi connectivity index (χ0) is 20.5. The van der Waals surface area contributed by atoms with Crippen molar-refractivity contribution in [2.24, 2.45) is 0 Å². The van der Waals surface area contributed by atoms with Crippen LogP contribution in [-0.2, 0) is 16.1 Å². The minimum atomic E-state index is -0.503. The first-order valence-corrected chi connectivity index (χ1v) is 9.63. The van der Waals surface area contributed by atoms with E-state index >= 15 is 0 Å². The Morgan fingerprint density at radius 1 is 1.21 bits per heavy atom. The molecule has 4 rings (SSSR count). The number of hydrogen-bond acceptors (Lipinski definition) is 4. The maximum absolute atomic E-state index is 14.3. The van der Waals surface area contributed by atoms with Crippen LogP contribution in [0.15, 0.2) is 42.5 Å². The summed E-state index contributed by atoms with van der Waals surface area (Å²) in [5.41, 5.74) is 2.26. The van der Waals surface area contributed by atoms with Crippen LogP contribution in [0.5, 0.6) is 0 Å². The molecular weight excluding hydrogens is 375 g/mol. The summed E-state index contributed by atoms with van der Waals surface area (Å²) in [7, 11) is 1.73. The zero-order valence-corrected chi connectivity index (χ0v) is 16.2. The van der Waals surface area contributed by atoms with E-state index in [0.29, 0.717) is 37.2 Å². The maximum atomic E-state index is 14.3. The van der Waals surface area contributed by atoms with E-state index in [1.165, 1.54) is 12.1 Å². The summed E-state index contributed by atoms with van der Waals surface area (Å²) in [4.78, 5) is 28.4. The van der Waals surface area contributed by atoms with Gasteiger partial charge in [0.15, 0.2) is 0 Å². The summed E-state index contributed by atoms with van der Waals surface area (Å²) in [5, 5.41) is 9.34. The summed E-state index contributed by atoms with van der Waals surface area (Å²) in [5.74, 6) is -0.789. The van der Waals surface area contributed by atoms with E-state index in [9.17, 15) is 19.1 Å². The molecule has 2 saturated heterocycles. The lowest BCUT2D eigenvalue weighted by molar-refractivity contribution is -0.131. The van der Waals surface area contributed by atoms with E-state index in [1.807, 2.05) is 6.07 Å². The number of halogens is 1. The average Bonchev–Trinajstić information content (AvgIpc) is 3.10. The fourth-order valence-electron chi connectivity index (χ4n) is 4.03. The highest BCUT2D eigenvalue weighted by Crippen LogP contribution is 2.27. The highest BCUT2D eigenvalue weighted by Gasteiger charge is 2.41.